The maximum Gasteiger partial charge on any atom is 0.407 e. The molecule has 1 fully saturated rings. The smallest absolute Gasteiger partial charge is 0.407 e. The van der Waals surface area contributed by atoms with Gasteiger partial charge in [0, 0.05) is 0 Å². The second-order valence-electron chi connectivity index (χ2n) is 4.02. The minimum Gasteiger partial charge on any atom is -0.465 e. The van der Waals surface area contributed by atoms with Crippen LogP contribution in [0, 0.1) is 16.7 Å². The van der Waals surface area contributed by atoms with Crippen LogP contribution in [0.15, 0.2) is 5.16 Å². The Morgan fingerprint density at radius 2 is 2.32 bits per heavy atom. The van der Waals surface area contributed by atoms with Crippen LogP contribution in [0.25, 0.3) is 0 Å². The lowest BCUT2D eigenvalue weighted by Gasteiger charge is -2.19. The Kier molecular flexibility index (Phi) is 4.33. The summed E-state index contributed by atoms with van der Waals surface area (Å²) in [5.74, 6) is 0. The molecule has 1 aliphatic rings. The molecular weight excluding hydrogens is 278 g/mol. The summed E-state index contributed by atoms with van der Waals surface area (Å²) < 4.78 is 26.6. The van der Waals surface area contributed by atoms with Gasteiger partial charge in [0.05, 0.1) is 32.0 Å². The van der Waals surface area contributed by atoms with Gasteiger partial charge in [-0.2, -0.15) is 13.7 Å². The summed E-state index contributed by atoms with van der Waals surface area (Å²) in [5, 5.41) is 21.7. The molecule has 0 saturated carbocycles. The third-order valence-electron chi connectivity index (χ3n) is 2.56. The molecule has 1 atom stereocenters. The number of oxime groups is 1. The molecule has 1 heterocycles. The number of amides is 1. The van der Waals surface area contributed by atoms with E-state index < -0.39 is 28.2 Å². The molecule has 106 valence electrons. The van der Waals surface area contributed by atoms with E-state index >= 15 is 0 Å². The third kappa shape index (κ3) is 3.55. The van der Waals surface area contributed by atoms with E-state index in [1.54, 1.807) is 0 Å². The summed E-state index contributed by atoms with van der Waals surface area (Å²) in [4.78, 5) is 16.4. The molecule has 0 bridgehead atoms. The molecule has 1 unspecified atom stereocenters. The number of hydrogen-bond acceptors (Lipinski definition) is 7. The van der Waals surface area contributed by atoms with Crippen molar-refractivity contribution in [2.24, 2.45) is 10.6 Å². The molecule has 9 nitrogen and oxygen atoms in total. The fourth-order valence-corrected chi connectivity index (χ4v) is 2.05. The van der Waals surface area contributed by atoms with Crippen LogP contribution in [-0.4, -0.2) is 63.3 Å². The Hall–Kier alpha value is -1.86. The molecule has 0 aromatic rings. The molecule has 0 spiro atoms. The number of likely N-dealkylation sites (tertiary alicyclic amines) is 1. The molecular formula is C9H13N3O6S. The van der Waals surface area contributed by atoms with Crippen LogP contribution >= 0.6 is 0 Å². The maximum atomic E-state index is 11.0. The molecule has 10 heteroatoms. The average molecular weight is 291 g/mol. The molecule has 0 aromatic carbocycles. The van der Waals surface area contributed by atoms with E-state index in [4.69, 9.17) is 5.11 Å². The van der Waals surface area contributed by atoms with Gasteiger partial charge < -0.3 is 14.8 Å². The van der Waals surface area contributed by atoms with Crippen molar-refractivity contribution in [1.82, 2.24) is 4.90 Å². The molecule has 1 N–H and O–H groups in total. The van der Waals surface area contributed by atoms with Crippen molar-refractivity contribution in [1.29, 1.82) is 5.26 Å². The van der Waals surface area contributed by atoms with Crippen LogP contribution in [-0.2, 0) is 19.1 Å². The van der Waals surface area contributed by atoms with Crippen LogP contribution in [0.3, 0.4) is 0 Å². The van der Waals surface area contributed by atoms with E-state index in [1.165, 1.54) is 7.11 Å². The van der Waals surface area contributed by atoms with Gasteiger partial charge in [-0.1, -0.05) is 5.16 Å². The highest BCUT2D eigenvalue weighted by molar-refractivity contribution is 7.85. The average Bonchev–Trinajstić information content (AvgIpc) is 2.66. The fraction of sp³-hybridized carbons (Fsp3) is 0.667. The van der Waals surface area contributed by atoms with Crippen LogP contribution < -0.4 is 0 Å². The zero-order valence-corrected chi connectivity index (χ0v) is 11.2. The minimum absolute atomic E-state index is 0.114. The maximum absolute atomic E-state index is 11.0. The van der Waals surface area contributed by atoms with Crippen molar-refractivity contribution < 1.29 is 27.3 Å². The van der Waals surface area contributed by atoms with Crippen LogP contribution in [0.2, 0.25) is 0 Å². The minimum atomic E-state index is -3.75. The fourth-order valence-electron chi connectivity index (χ4n) is 1.64. The third-order valence-corrected chi connectivity index (χ3v) is 3.11. The summed E-state index contributed by atoms with van der Waals surface area (Å²) in [6, 6.07) is 1.86. The summed E-state index contributed by atoms with van der Waals surface area (Å²) >= 11 is 0. The first-order valence-electron chi connectivity index (χ1n) is 5.08. The highest BCUT2D eigenvalue weighted by Crippen LogP contribution is 2.29. The molecule has 1 aliphatic heterocycles. The Bertz CT molecular complexity index is 537. The lowest BCUT2D eigenvalue weighted by molar-refractivity contribution is 0.147. The Balaban J connectivity index is 3.05. The van der Waals surface area contributed by atoms with Gasteiger partial charge in [-0.15, -0.1) is 0 Å². The molecule has 0 aliphatic carbocycles. The van der Waals surface area contributed by atoms with Crippen molar-refractivity contribution >= 4 is 21.9 Å². The second kappa shape index (κ2) is 5.41. The number of nitriles is 1. The largest absolute Gasteiger partial charge is 0.465 e. The van der Waals surface area contributed by atoms with Gasteiger partial charge in [-0.05, 0) is 0 Å². The lowest BCUT2D eigenvalue weighted by Crippen LogP contribution is -2.36. The predicted octanol–water partition coefficient (Wildman–Crippen LogP) is -0.531. The van der Waals surface area contributed by atoms with Crippen LogP contribution in [0.5, 0.6) is 0 Å². The van der Waals surface area contributed by atoms with Crippen molar-refractivity contribution in [3.05, 3.63) is 0 Å². The summed E-state index contributed by atoms with van der Waals surface area (Å²) in [6.07, 6.45) is -0.393. The van der Waals surface area contributed by atoms with Gasteiger partial charge in [-0.3, -0.25) is 4.18 Å². The van der Waals surface area contributed by atoms with E-state index in [0.29, 0.717) is 0 Å². The van der Waals surface area contributed by atoms with E-state index in [-0.39, 0.29) is 18.8 Å². The van der Waals surface area contributed by atoms with Crippen LogP contribution in [0.1, 0.15) is 0 Å². The molecule has 1 rings (SSSR count). The predicted molar refractivity (Wildman–Crippen MR) is 62.9 cm³/mol. The van der Waals surface area contributed by atoms with E-state index in [1.807, 2.05) is 6.07 Å². The standard InChI is InChI=1S/C9H13N3O6S/c1-17-11-7-3-12(8(13)14)5-9(7,4-10)6-18-19(2,15)16/h3,5-6H2,1-2H3,(H,13,14). The van der Waals surface area contributed by atoms with Crippen LogP contribution in [0.4, 0.5) is 4.79 Å². The van der Waals surface area contributed by atoms with Gasteiger partial charge in [0.25, 0.3) is 10.1 Å². The van der Waals surface area contributed by atoms with Crippen molar-refractivity contribution in [2.75, 3.05) is 33.1 Å². The Morgan fingerprint density at radius 3 is 2.74 bits per heavy atom. The summed E-state index contributed by atoms with van der Waals surface area (Å²) in [7, 11) is -2.50. The summed E-state index contributed by atoms with van der Waals surface area (Å²) in [6.45, 7) is -0.866. The molecule has 0 radical (unpaired) electrons. The Labute approximate surface area is 110 Å². The monoisotopic (exact) mass is 291 g/mol. The van der Waals surface area contributed by atoms with Gasteiger partial charge in [0.15, 0.2) is 0 Å². The zero-order valence-electron chi connectivity index (χ0n) is 10.4. The molecule has 0 aromatic heterocycles. The molecule has 19 heavy (non-hydrogen) atoms. The zero-order chi connectivity index (χ0) is 14.7. The number of rotatable bonds is 4. The van der Waals surface area contributed by atoms with Crippen molar-refractivity contribution in [3.63, 3.8) is 0 Å². The molecule has 1 amide bonds. The van der Waals surface area contributed by atoms with Gasteiger partial charge in [0.1, 0.15) is 18.2 Å². The number of hydrogen-bond donors (Lipinski definition) is 1. The quantitative estimate of drug-likeness (QED) is 0.544. The van der Waals surface area contributed by atoms with Crippen molar-refractivity contribution in [3.8, 4) is 6.07 Å². The van der Waals surface area contributed by atoms with Gasteiger partial charge in [-0.25, -0.2) is 4.79 Å². The highest BCUT2D eigenvalue weighted by atomic mass is 32.2. The number of carbonyl (C=O) groups is 1. The first-order valence-corrected chi connectivity index (χ1v) is 6.90. The summed E-state index contributed by atoms with van der Waals surface area (Å²) in [5.41, 5.74) is -1.35. The molecule has 1 saturated heterocycles. The van der Waals surface area contributed by atoms with Gasteiger partial charge in [0.2, 0.25) is 0 Å². The van der Waals surface area contributed by atoms with E-state index in [0.717, 1.165) is 11.2 Å². The lowest BCUT2D eigenvalue weighted by atomic mass is 9.88. The first-order chi connectivity index (χ1) is 8.74. The topological polar surface area (TPSA) is 129 Å². The SMILES string of the molecule is CON=C1CN(C(=O)O)CC1(C#N)COS(C)(=O)=O. The number of nitrogens with zero attached hydrogens (tertiary/aromatic N) is 3. The second-order valence-corrected chi connectivity index (χ2v) is 5.66. The Morgan fingerprint density at radius 1 is 1.68 bits per heavy atom. The highest BCUT2D eigenvalue weighted by Gasteiger charge is 2.48. The normalized spacial score (nSPS) is 25.3. The first kappa shape index (κ1) is 15.2. The van der Waals surface area contributed by atoms with Crippen molar-refractivity contribution in [2.45, 2.75) is 0 Å². The van der Waals surface area contributed by atoms with E-state index in [9.17, 15) is 18.5 Å². The van der Waals surface area contributed by atoms with E-state index in [2.05, 4.69) is 14.2 Å². The van der Waals surface area contributed by atoms with Gasteiger partial charge >= 0.3 is 6.09 Å². The number of carboxylic acid groups (broad SMARTS) is 1.